The van der Waals surface area contributed by atoms with Gasteiger partial charge in [0.15, 0.2) is 12.6 Å². The number of ether oxygens (including phenoxy) is 4. The van der Waals surface area contributed by atoms with Crippen LogP contribution < -0.4 is 0 Å². The zero-order valence-electron chi connectivity index (χ0n) is 9.47. The van der Waals surface area contributed by atoms with Gasteiger partial charge in [-0.15, -0.1) is 0 Å². The molecular weight excluding hydrogens is 212 g/mol. The monoisotopic (exact) mass is 228 g/mol. The van der Waals surface area contributed by atoms with Crippen LogP contribution in [-0.2, 0) is 23.7 Å². The lowest BCUT2D eigenvalue weighted by molar-refractivity contribution is -0.259. The molecule has 2 rings (SSSR count). The normalized spacial score (nSPS) is 34.8. The first-order chi connectivity index (χ1) is 7.74. The van der Waals surface area contributed by atoms with Gasteiger partial charge < -0.3 is 18.9 Å². The number of cyclic esters (lactones) is 1. The molecule has 0 aliphatic carbocycles. The summed E-state index contributed by atoms with van der Waals surface area (Å²) in [5, 5.41) is 0. The predicted octanol–water partition coefficient (Wildman–Crippen LogP) is 0.841. The Morgan fingerprint density at radius 1 is 1.25 bits per heavy atom. The Kier molecular flexibility index (Phi) is 3.58. The highest BCUT2D eigenvalue weighted by Crippen LogP contribution is 2.33. The Bertz CT molecular complexity index is 287. The maximum absolute atomic E-state index is 11.5. The molecule has 0 N–H and O–H groups in total. The van der Waals surface area contributed by atoms with Crippen molar-refractivity contribution in [1.29, 1.82) is 0 Å². The van der Waals surface area contributed by atoms with E-state index in [1.54, 1.807) is 14.2 Å². The van der Waals surface area contributed by atoms with E-state index in [1.807, 2.05) is 6.08 Å². The van der Waals surface area contributed by atoms with Crippen molar-refractivity contribution in [3.8, 4) is 0 Å². The summed E-state index contributed by atoms with van der Waals surface area (Å²) < 4.78 is 20.7. The number of methoxy groups -OCH3 is 2. The summed E-state index contributed by atoms with van der Waals surface area (Å²) in [4.78, 5) is 11.5. The van der Waals surface area contributed by atoms with Gasteiger partial charge in [-0.1, -0.05) is 0 Å². The Morgan fingerprint density at radius 3 is 2.31 bits per heavy atom. The second-order valence-corrected chi connectivity index (χ2v) is 3.89. The highest BCUT2D eigenvalue weighted by molar-refractivity contribution is 5.91. The molecule has 2 aliphatic heterocycles. The fraction of sp³-hybridized carbons (Fsp3) is 0.727. The average Bonchev–Trinajstić information content (AvgIpc) is 2.74. The van der Waals surface area contributed by atoms with Gasteiger partial charge in [0.05, 0.1) is 0 Å². The van der Waals surface area contributed by atoms with Crippen LogP contribution >= 0.6 is 0 Å². The van der Waals surface area contributed by atoms with Crippen molar-refractivity contribution >= 4 is 5.97 Å². The third-order valence-electron chi connectivity index (χ3n) is 2.98. The predicted molar refractivity (Wildman–Crippen MR) is 54.4 cm³/mol. The summed E-state index contributed by atoms with van der Waals surface area (Å²) in [6, 6.07) is 0. The van der Waals surface area contributed by atoms with E-state index in [0.717, 1.165) is 5.57 Å². The molecule has 5 heteroatoms. The van der Waals surface area contributed by atoms with E-state index in [9.17, 15) is 4.79 Å². The quantitative estimate of drug-likeness (QED) is 0.670. The van der Waals surface area contributed by atoms with Gasteiger partial charge in [-0.2, -0.15) is 0 Å². The van der Waals surface area contributed by atoms with Gasteiger partial charge >= 0.3 is 5.97 Å². The third kappa shape index (κ3) is 2.26. The Morgan fingerprint density at radius 2 is 1.88 bits per heavy atom. The summed E-state index contributed by atoms with van der Waals surface area (Å²) in [7, 11) is 3.17. The van der Waals surface area contributed by atoms with Gasteiger partial charge in [0.25, 0.3) is 0 Å². The first-order valence-electron chi connectivity index (χ1n) is 5.32. The van der Waals surface area contributed by atoms with E-state index in [0.29, 0.717) is 19.4 Å². The average molecular weight is 228 g/mol. The molecule has 0 amide bonds. The van der Waals surface area contributed by atoms with Gasteiger partial charge in [-0.25, -0.2) is 4.79 Å². The minimum absolute atomic E-state index is 0.0960. The van der Waals surface area contributed by atoms with Crippen LogP contribution in [0.1, 0.15) is 12.8 Å². The van der Waals surface area contributed by atoms with Crippen LogP contribution in [0.4, 0.5) is 0 Å². The van der Waals surface area contributed by atoms with Gasteiger partial charge in [0, 0.05) is 38.6 Å². The maximum Gasteiger partial charge on any atom is 0.334 e. The summed E-state index contributed by atoms with van der Waals surface area (Å²) in [5.41, 5.74) is 0.729. The lowest BCUT2D eigenvalue weighted by Crippen LogP contribution is -2.36. The molecule has 90 valence electrons. The topological polar surface area (TPSA) is 54.0 Å². The fourth-order valence-corrected chi connectivity index (χ4v) is 2.11. The first kappa shape index (κ1) is 11.6. The second-order valence-electron chi connectivity index (χ2n) is 3.89. The smallest absolute Gasteiger partial charge is 0.334 e. The van der Waals surface area contributed by atoms with Crippen molar-refractivity contribution in [2.45, 2.75) is 25.4 Å². The molecule has 0 saturated carbocycles. The molecule has 16 heavy (non-hydrogen) atoms. The molecule has 0 aromatic rings. The molecule has 1 saturated heterocycles. The third-order valence-corrected chi connectivity index (χ3v) is 2.98. The lowest BCUT2D eigenvalue weighted by atomic mass is 9.90. The Labute approximate surface area is 94.3 Å². The van der Waals surface area contributed by atoms with Crippen LogP contribution in [0.25, 0.3) is 0 Å². The highest BCUT2D eigenvalue weighted by Gasteiger charge is 2.35. The summed E-state index contributed by atoms with van der Waals surface area (Å²) >= 11 is 0. The van der Waals surface area contributed by atoms with E-state index in [4.69, 9.17) is 18.9 Å². The number of hydrogen-bond acceptors (Lipinski definition) is 5. The van der Waals surface area contributed by atoms with Crippen LogP contribution in [0.5, 0.6) is 0 Å². The second kappa shape index (κ2) is 4.95. The summed E-state index contributed by atoms with van der Waals surface area (Å²) in [6.45, 7) is 0.376. The van der Waals surface area contributed by atoms with E-state index in [1.165, 1.54) is 0 Å². The molecule has 2 heterocycles. The summed E-state index contributed by atoms with van der Waals surface area (Å²) in [6.07, 6.45) is 2.52. The zero-order valence-corrected chi connectivity index (χ0v) is 9.47. The molecular formula is C11H16O5. The van der Waals surface area contributed by atoms with Crippen molar-refractivity contribution in [3.63, 3.8) is 0 Å². The molecule has 0 radical (unpaired) electrons. The molecule has 0 aromatic heterocycles. The SMILES string of the molecule is COC1CC(C2=CCOC2=O)CC(OC)O1. The van der Waals surface area contributed by atoms with E-state index in [-0.39, 0.29) is 24.5 Å². The number of carbonyl (C=O) groups is 1. The lowest BCUT2D eigenvalue weighted by Gasteiger charge is -2.33. The molecule has 2 unspecified atom stereocenters. The first-order valence-corrected chi connectivity index (χ1v) is 5.32. The zero-order chi connectivity index (χ0) is 11.5. The molecule has 1 fully saturated rings. The largest absolute Gasteiger partial charge is 0.458 e. The van der Waals surface area contributed by atoms with Crippen molar-refractivity contribution in [2.24, 2.45) is 5.92 Å². The van der Waals surface area contributed by atoms with Crippen LogP contribution in [0.2, 0.25) is 0 Å². The maximum atomic E-state index is 11.5. The molecule has 0 bridgehead atoms. The van der Waals surface area contributed by atoms with Crippen LogP contribution in [0, 0.1) is 5.92 Å². The van der Waals surface area contributed by atoms with E-state index >= 15 is 0 Å². The van der Waals surface area contributed by atoms with Gasteiger partial charge in [0.2, 0.25) is 0 Å². The van der Waals surface area contributed by atoms with Crippen LogP contribution in [0.3, 0.4) is 0 Å². The Balaban J connectivity index is 2.06. The van der Waals surface area contributed by atoms with Crippen molar-refractivity contribution in [3.05, 3.63) is 11.6 Å². The molecule has 0 spiro atoms. The van der Waals surface area contributed by atoms with Gasteiger partial charge in [0.1, 0.15) is 6.61 Å². The van der Waals surface area contributed by atoms with E-state index in [2.05, 4.69) is 0 Å². The molecule has 2 aliphatic rings. The summed E-state index contributed by atoms with van der Waals surface area (Å²) in [5.74, 6) is -0.129. The molecule has 5 nitrogen and oxygen atoms in total. The van der Waals surface area contributed by atoms with Gasteiger partial charge in [-0.05, 0) is 6.08 Å². The standard InChI is InChI=1S/C11H16O5/c1-13-9-5-7(6-10(14-2)16-9)8-3-4-15-11(8)12/h3,7,9-10H,4-6H2,1-2H3. The van der Waals surface area contributed by atoms with Crippen molar-refractivity contribution in [1.82, 2.24) is 0 Å². The van der Waals surface area contributed by atoms with Crippen LogP contribution in [0.15, 0.2) is 11.6 Å². The van der Waals surface area contributed by atoms with Gasteiger partial charge in [-0.3, -0.25) is 0 Å². The number of esters is 1. The Hall–Kier alpha value is -0.910. The molecule has 0 aromatic carbocycles. The fourth-order valence-electron chi connectivity index (χ4n) is 2.11. The van der Waals surface area contributed by atoms with Crippen LogP contribution in [-0.4, -0.2) is 39.4 Å². The van der Waals surface area contributed by atoms with E-state index < -0.39 is 0 Å². The number of carbonyl (C=O) groups excluding carboxylic acids is 1. The van der Waals surface area contributed by atoms with Crippen molar-refractivity contribution in [2.75, 3.05) is 20.8 Å². The highest BCUT2D eigenvalue weighted by atomic mass is 16.8. The minimum Gasteiger partial charge on any atom is -0.458 e. The minimum atomic E-state index is -0.321. The van der Waals surface area contributed by atoms with Crippen molar-refractivity contribution < 1.29 is 23.7 Å². The number of hydrogen-bond donors (Lipinski definition) is 0. The molecule has 2 atom stereocenters. The number of rotatable bonds is 3.